The fourth-order valence-corrected chi connectivity index (χ4v) is 1.56. The maximum atomic E-state index is 5.90. The van der Waals surface area contributed by atoms with Crippen molar-refractivity contribution < 1.29 is 4.74 Å². The number of halogens is 1. The van der Waals surface area contributed by atoms with Crippen LogP contribution in [0.25, 0.3) is 0 Å². The van der Waals surface area contributed by atoms with Crippen LogP contribution in [0.2, 0.25) is 0 Å². The van der Waals surface area contributed by atoms with Gasteiger partial charge in [-0.25, -0.2) is 0 Å². The summed E-state index contributed by atoms with van der Waals surface area (Å²) in [6, 6.07) is 0.482. The summed E-state index contributed by atoms with van der Waals surface area (Å²) in [5, 5.41) is 3.68. The number of rotatable bonds is 7. The van der Waals surface area contributed by atoms with Crippen molar-refractivity contribution in [3.05, 3.63) is 0 Å². The number of hydrogen-bond acceptors (Lipinski definition) is 2. The Morgan fingerprint density at radius 3 is 2.36 bits per heavy atom. The summed E-state index contributed by atoms with van der Waals surface area (Å²) in [5.74, 6) is 0. The molecule has 0 aromatic carbocycles. The molecular weight excluding hydrogens is 198 g/mol. The number of ether oxygens (including phenoxy) is 1. The molecule has 0 fully saturated rings. The normalized spacial score (nSPS) is 16.7. The van der Waals surface area contributed by atoms with Crippen molar-refractivity contribution in [2.75, 3.05) is 13.7 Å². The molecule has 2 nitrogen and oxygen atoms in total. The minimum atomic E-state index is -0.0285. The molecule has 0 bridgehead atoms. The Hall–Kier alpha value is 0.210. The minimum Gasteiger partial charge on any atom is -0.379 e. The second-order valence-corrected chi connectivity index (χ2v) is 5.33. The van der Waals surface area contributed by atoms with Crippen LogP contribution in [0, 0.1) is 0 Å². The Bertz CT molecular complexity index is 148. The zero-order chi connectivity index (χ0) is 11.2. The molecule has 14 heavy (non-hydrogen) atoms. The fraction of sp³-hybridized carbons (Fsp3) is 1.00. The Morgan fingerprint density at radius 1 is 1.36 bits per heavy atom. The van der Waals surface area contributed by atoms with Crippen LogP contribution in [0.1, 0.15) is 40.5 Å². The number of methoxy groups -OCH3 is 1. The minimum absolute atomic E-state index is 0.0285. The SMILES string of the molecule is COC(C)(C)CCNC(C)CC(C)Cl. The molecule has 0 aliphatic carbocycles. The highest BCUT2D eigenvalue weighted by Crippen LogP contribution is 2.12. The molecule has 0 aromatic rings. The second kappa shape index (κ2) is 6.65. The average molecular weight is 222 g/mol. The van der Waals surface area contributed by atoms with Crippen molar-refractivity contribution in [2.24, 2.45) is 0 Å². The number of hydrogen-bond donors (Lipinski definition) is 1. The lowest BCUT2D eigenvalue weighted by molar-refractivity contribution is 0.0154. The predicted molar refractivity (Wildman–Crippen MR) is 63.1 cm³/mol. The first kappa shape index (κ1) is 14.2. The lowest BCUT2D eigenvalue weighted by Gasteiger charge is -2.24. The lowest BCUT2D eigenvalue weighted by atomic mass is 10.1. The predicted octanol–water partition coefficient (Wildman–Crippen LogP) is 2.80. The summed E-state index contributed by atoms with van der Waals surface area (Å²) in [4.78, 5) is 0. The second-order valence-electron chi connectivity index (χ2n) is 4.59. The molecule has 0 radical (unpaired) electrons. The molecule has 0 spiro atoms. The molecule has 2 unspecified atom stereocenters. The first-order chi connectivity index (χ1) is 6.37. The smallest absolute Gasteiger partial charge is 0.0634 e. The largest absolute Gasteiger partial charge is 0.379 e. The van der Waals surface area contributed by atoms with Gasteiger partial charge in [-0.15, -0.1) is 11.6 Å². The molecule has 2 atom stereocenters. The molecule has 86 valence electrons. The lowest BCUT2D eigenvalue weighted by Crippen LogP contribution is -2.34. The Labute approximate surface area is 93.4 Å². The van der Waals surface area contributed by atoms with Crippen LogP contribution in [-0.2, 0) is 4.74 Å². The molecule has 0 rings (SSSR count). The van der Waals surface area contributed by atoms with Crippen molar-refractivity contribution in [1.29, 1.82) is 0 Å². The summed E-state index contributed by atoms with van der Waals surface area (Å²) >= 11 is 5.90. The van der Waals surface area contributed by atoms with Crippen LogP contribution in [-0.4, -0.2) is 30.7 Å². The van der Waals surface area contributed by atoms with E-state index in [1.807, 2.05) is 6.92 Å². The van der Waals surface area contributed by atoms with E-state index in [0.29, 0.717) is 6.04 Å². The van der Waals surface area contributed by atoms with Gasteiger partial charge in [-0.2, -0.15) is 0 Å². The molecule has 0 aliphatic heterocycles. The van der Waals surface area contributed by atoms with E-state index in [2.05, 4.69) is 26.1 Å². The molecule has 0 amide bonds. The quantitative estimate of drug-likeness (QED) is 0.668. The van der Waals surface area contributed by atoms with E-state index in [-0.39, 0.29) is 11.0 Å². The molecule has 0 aromatic heterocycles. The summed E-state index contributed by atoms with van der Waals surface area (Å²) in [5.41, 5.74) is -0.0285. The number of nitrogens with one attached hydrogen (secondary N) is 1. The van der Waals surface area contributed by atoms with Crippen LogP contribution in [0.5, 0.6) is 0 Å². The van der Waals surface area contributed by atoms with E-state index in [1.165, 1.54) is 0 Å². The van der Waals surface area contributed by atoms with Crippen LogP contribution in [0.15, 0.2) is 0 Å². The molecular formula is C11H24ClNO. The van der Waals surface area contributed by atoms with Gasteiger partial charge in [-0.1, -0.05) is 0 Å². The zero-order valence-electron chi connectivity index (χ0n) is 10.1. The molecule has 0 aliphatic rings. The maximum absolute atomic E-state index is 5.90. The summed E-state index contributed by atoms with van der Waals surface area (Å²) in [7, 11) is 1.75. The van der Waals surface area contributed by atoms with Crippen molar-refractivity contribution >= 4 is 11.6 Å². The van der Waals surface area contributed by atoms with E-state index >= 15 is 0 Å². The highest BCUT2D eigenvalue weighted by molar-refractivity contribution is 6.20. The standard InChI is InChI=1S/C11H24ClNO/c1-9(12)8-10(2)13-7-6-11(3,4)14-5/h9-10,13H,6-8H2,1-5H3. The van der Waals surface area contributed by atoms with Gasteiger partial charge in [0.05, 0.1) is 5.60 Å². The van der Waals surface area contributed by atoms with Crippen molar-refractivity contribution in [2.45, 2.75) is 57.6 Å². The third-order valence-corrected chi connectivity index (χ3v) is 2.63. The molecule has 3 heteroatoms. The zero-order valence-corrected chi connectivity index (χ0v) is 10.8. The average Bonchev–Trinajstić information content (AvgIpc) is 2.02. The maximum Gasteiger partial charge on any atom is 0.0634 e. The molecule has 0 saturated carbocycles. The van der Waals surface area contributed by atoms with Crippen molar-refractivity contribution in [1.82, 2.24) is 5.32 Å². The van der Waals surface area contributed by atoms with E-state index < -0.39 is 0 Å². The summed E-state index contributed by atoms with van der Waals surface area (Å²) in [6.07, 6.45) is 2.03. The topological polar surface area (TPSA) is 21.3 Å². The van der Waals surface area contributed by atoms with E-state index in [4.69, 9.17) is 16.3 Å². The van der Waals surface area contributed by atoms with Gasteiger partial charge in [-0.3, -0.25) is 0 Å². The Kier molecular flexibility index (Phi) is 6.75. The van der Waals surface area contributed by atoms with E-state index in [1.54, 1.807) is 7.11 Å². The van der Waals surface area contributed by atoms with Gasteiger partial charge in [0, 0.05) is 18.5 Å². The van der Waals surface area contributed by atoms with Crippen molar-refractivity contribution in [3.63, 3.8) is 0 Å². The summed E-state index contributed by atoms with van der Waals surface area (Å²) < 4.78 is 5.33. The van der Waals surface area contributed by atoms with Crippen LogP contribution >= 0.6 is 11.6 Å². The Morgan fingerprint density at radius 2 is 1.93 bits per heavy atom. The van der Waals surface area contributed by atoms with Crippen molar-refractivity contribution in [3.8, 4) is 0 Å². The van der Waals surface area contributed by atoms with E-state index in [9.17, 15) is 0 Å². The van der Waals surface area contributed by atoms with Gasteiger partial charge in [0.15, 0.2) is 0 Å². The van der Waals surface area contributed by atoms with Gasteiger partial charge in [0.25, 0.3) is 0 Å². The van der Waals surface area contributed by atoms with Gasteiger partial charge in [-0.05, 0) is 47.1 Å². The highest BCUT2D eigenvalue weighted by atomic mass is 35.5. The molecule has 0 saturated heterocycles. The van der Waals surface area contributed by atoms with Crippen LogP contribution in [0.3, 0.4) is 0 Å². The first-order valence-corrected chi connectivity index (χ1v) is 5.73. The summed E-state index contributed by atoms with van der Waals surface area (Å²) in [6.45, 7) is 9.37. The number of alkyl halides is 1. The van der Waals surface area contributed by atoms with Gasteiger partial charge in [0.2, 0.25) is 0 Å². The van der Waals surface area contributed by atoms with Gasteiger partial charge in [0.1, 0.15) is 0 Å². The first-order valence-electron chi connectivity index (χ1n) is 5.30. The monoisotopic (exact) mass is 221 g/mol. The fourth-order valence-electron chi connectivity index (χ4n) is 1.29. The van der Waals surface area contributed by atoms with Gasteiger partial charge < -0.3 is 10.1 Å². The third-order valence-electron chi connectivity index (χ3n) is 2.45. The molecule has 1 N–H and O–H groups in total. The van der Waals surface area contributed by atoms with Crippen LogP contribution in [0.4, 0.5) is 0 Å². The third kappa shape index (κ3) is 7.60. The van der Waals surface area contributed by atoms with Crippen LogP contribution < -0.4 is 5.32 Å². The highest BCUT2D eigenvalue weighted by Gasteiger charge is 2.16. The Balaban J connectivity index is 3.53. The van der Waals surface area contributed by atoms with Gasteiger partial charge >= 0.3 is 0 Å². The molecule has 0 heterocycles. The van der Waals surface area contributed by atoms with E-state index in [0.717, 1.165) is 19.4 Å².